The van der Waals surface area contributed by atoms with Gasteiger partial charge in [0.1, 0.15) is 16.8 Å². The van der Waals surface area contributed by atoms with Gasteiger partial charge in [0.15, 0.2) is 0 Å². The predicted octanol–water partition coefficient (Wildman–Crippen LogP) is 4.61. The van der Waals surface area contributed by atoms with Crippen molar-refractivity contribution in [2.75, 3.05) is 11.9 Å². The Balaban J connectivity index is 1.86. The van der Waals surface area contributed by atoms with Crippen molar-refractivity contribution in [3.05, 3.63) is 51.4 Å². The third-order valence-corrected chi connectivity index (χ3v) is 4.34. The molecule has 5 heteroatoms. The first-order valence-corrected chi connectivity index (χ1v) is 7.80. The Kier molecular flexibility index (Phi) is 4.05. The number of hydrogen-bond acceptors (Lipinski definition) is 3. The van der Waals surface area contributed by atoms with E-state index < -0.39 is 0 Å². The molecule has 0 N–H and O–H groups in total. The molecule has 1 aliphatic carbocycles. The van der Waals surface area contributed by atoms with Gasteiger partial charge in [-0.1, -0.05) is 35.3 Å². The summed E-state index contributed by atoms with van der Waals surface area (Å²) in [6, 6.07) is 7.86. The molecule has 1 aromatic carbocycles. The lowest BCUT2D eigenvalue weighted by atomic mass is 10.2. The van der Waals surface area contributed by atoms with Gasteiger partial charge in [-0.25, -0.2) is 9.97 Å². The minimum Gasteiger partial charge on any atom is -0.355 e. The van der Waals surface area contributed by atoms with Crippen LogP contribution in [0, 0.1) is 6.92 Å². The largest absolute Gasteiger partial charge is 0.355 e. The van der Waals surface area contributed by atoms with Crippen molar-refractivity contribution >= 4 is 29.0 Å². The minimum atomic E-state index is 0.491. The van der Waals surface area contributed by atoms with Crippen LogP contribution < -0.4 is 4.90 Å². The monoisotopic (exact) mass is 321 g/mol. The summed E-state index contributed by atoms with van der Waals surface area (Å²) in [7, 11) is 2.02. The Hall–Kier alpha value is -1.32. The highest BCUT2D eigenvalue weighted by atomic mass is 35.5. The van der Waals surface area contributed by atoms with Gasteiger partial charge in [-0.2, -0.15) is 0 Å². The van der Waals surface area contributed by atoms with Crippen molar-refractivity contribution in [2.24, 2.45) is 0 Å². The van der Waals surface area contributed by atoms with E-state index in [-0.39, 0.29) is 0 Å². The van der Waals surface area contributed by atoms with Crippen LogP contribution in [0.25, 0.3) is 0 Å². The molecule has 2 aromatic rings. The smallest absolute Gasteiger partial charge is 0.137 e. The lowest BCUT2D eigenvalue weighted by Crippen LogP contribution is -2.20. The average molecular weight is 322 g/mol. The number of anilines is 1. The summed E-state index contributed by atoms with van der Waals surface area (Å²) >= 11 is 12.2. The fourth-order valence-corrected chi connectivity index (χ4v) is 2.63. The maximum Gasteiger partial charge on any atom is 0.137 e. The Morgan fingerprint density at radius 1 is 1.14 bits per heavy atom. The molecule has 0 saturated heterocycles. The molecule has 0 amide bonds. The molecule has 0 atom stereocenters. The number of nitrogens with zero attached hydrogens (tertiary/aromatic N) is 3. The highest BCUT2D eigenvalue weighted by Crippen LogP contribution is 2.39. The van der Waals surface area contributed by atoms with E-state index in [0.29, 0.717) is 11.1 Å². The molecule has 0 aliphatic heterocycles. The highest BCUT2D eigenvalue weighted by Gasteiger charge is 2.28. The molecule has 0 bridgehead atoms. The van der Waals surface area contributed by atoms with Gasteiger partial charge in [0.25, 0.3) is 0 Å². The second kappa shape index (κ2) is 5.82. The first-order valence-electron chi connectivity index (χ1n) is 7.04. The molecule has 1 aromatic heterocycles. The Morgan fingerprint density at radius 3 is 2.43 bits per heavy atom. The Morgan fingerprint density at radius 2 is 1.81 bits per heavy atom. The minimum absolute atomic E-state index is 0.491. The van der Waals surface area contributed by atoms with E-state index in [1.165, 1.54) is 18.4 Å². The molecule has 110 valence electrons. The topological polar surface area (TPSA) is 29.0 Å². The lowest BCUT2D eigenvalue weighted by molar-refractivity contribution is 0.844. The Labute approximate surface area is 134 Å². The quantitative estimate of drug-likeness (QED) is 0.770. The zero-order valence-electron chi connectivity index (χ0n) is 12.1. The second-order valence-corrected chi connectivity index (χ2v) is 6.37. The zero-order valence-corrected chi connectivity index (χ0v) is 13.6. The van der Waals surface area contributed by atoms with Gasteiger partial charge in [-0.3, -0.25) is 0 Å². The Bertz CT molecular complexity index is 651. The molecule has 0 unspecified atom stereocenters. The van der Waals surface area contributed by atoms with Crippen LogP contribution in [0.1, 0.15) is 35.7 Å². The first-order chi connectivity index (χ1) is 10.0. The predicted molar refractivity (Wildman–Crippen MR) is 87.3 cm³/mol. The SMILES string of the molecule is Cc1c(Cl)nc(C2CC2)nc1N(C)Cc1ccc(Cl)cc1. The number of rotatable bonds is 4. The highest BCUT2D eigenvalue weighted by molar-refractivity contribution is 6.30. The molecular formula is C16H17Cl2N3. The van der Waals surface area contributed by atoms with Crippen molar-refractivity contribution < 1.29 is 0 Å². The molecule has 0 spiro atoms. The van der Waals surface area contributed by atoms with E-state index in [1.54, 1.807) is 0 Å². The van der Waals surface area contributed by atoms with Crippen LogP contribution in [0.3, 0.4) is 0 Å². The van der Waals surface area contributed by atoms with Crippen molar-refractivity contribution in [1.82, 2.24) is 9.97 Å². The van der Waals surface area contributed by atoms with Gasteiger partial charge in [0, 0.05) is 30.1 Å². The zero-order chi connectivity index (χ0) is 15.0. The number of aromatic nitrogens is 2. The second-order valence-electron chi connectivity index (χ2n) is 5.58. The standard InChI is InChI=1S/C16H17Cl2N3/c1-10-14(18)19-15(12-5-6-12)20-16(10)21(2)9-11-3-7-13(17)8-4-11/h3-4,7-8,12H,5-6,9H2,1-2H3. The van der Waals surface area contributed by atoms with Crippen molar-refractivity contribution in [3.63, 3.8) is 0 Å². The normalized spacial score (nSPS) is 14.3. The van der Waals surface area contributed by atoms with Gasteiger partial charge >= 0.3 is 0 Å². The summed E-state index contributed by atoms with van der Waals surface area (Å²) in [5.41, 5.74) is 2.11. The van der Waals surface area contributed by atoms with Crippen molar-refractivity contribution in [2.45, 2.75) is 32.2 Å². The van der Waals surface area contributed by atoms with Crippen LogP contribution in [0.2, 0.25) is 10.2 Å². The number of hydrogen-bond donors (Lipinski definition) is 0. The fraction of sp³-hybridized carbons (Fsp3) is 0.375. The maximum absolute atomic E-state index is 6.26. The number of halogens is 2. The number of benzene rings is 1. The van der Waals surface area contributed by atoms with Crippen LogP contribution in [0.5, 0.6) is 0 Å². The summed E-state index contributed by atoms with van der Waals surface area (Å²) in [5.74, 6) is 2.28. The van der Waals surface area contributed by atoms with Crippen LogP contribution in [0.4, 0.5) is 5.82 Å². The average Bonchev–Trinajstić information content (AvgIpc) is 3.28. The van der Waals surface area contributed by atoms with E-state index in [1.807, 2.05) is 38.2 Å². The third-order valence-electron chi connectivity index (χ3n) is 3.72. The molecule has 1 saturated carbocycles. The molecule has 1 heterocycles. The summed E-state index contributed by atoms with van der Waals surface area (Å²) in [6.07, 6.45) is 2.33. The molecular weight excluding hydrogens is 305 g/mol. The van der Waals surface area contributed by atoms with Crippen LogP contribution in [0.15, 0.2) is 24.3 Å². The molecule has 1 aliphatic rings. The maximum atomic E-state index is 6.26. The van der Waals surface area contributed by atoms with Crippen LogP contribution in [-0.2, 0) is 6.54 Å². The van der Waals surface area contributed by atoms with Gasteiger partial charge < -0.3 is 4.90 Å². The van der Waals surface area contributed by atoms with Gasteiger partial charge in [0.05, 0.1) is 0 Å². The molecule has 3 rings (SSSR count). The van der Waals surface area contributed by atoms with Gasteiger partial charge in [-0.15, -0.1) is 0 Å². The summed E-state index contributed by atoms with van der Waals surface area (Å²) in [6.45, 7) is 2.72. The van der Waals surface area contributed by atoms with E-state index in [2.05, 4.69) is 9.88 Å². The van der Waals surface area contributed by atoms with Gasteiger partial charge in [0.2, 0.25) is 0 Å². The van der Waals surface area contributed by atoms with E-state index in [0.717, 1.165) is 28.8 Å². The lowest BCUT2D eigenvalue weighted by Gasteiger charge is -2.21. The summed E-state index contributed by atoms with van der Waals surface area (Å²) < 4.78 is 0. The summed E-state index contributed by atoms with van der Waals surface area (Å²) in [5, 5.41) is 1.31. The molecule has 3 nitrogen and oxygen atoms in total. The van der Waals surface area contributed by atoms with Crippen LogP contribution in [-0.4, -0.2) is 17.0 Å². The first kappa shape index (κ1) is 14.6. The van der Waals surface area contributed by atoms with E-state index in [9.17, 15) is 0 Å². The van der Waals surface area contributed by atoms with E-state index in [4.69, 9.17) is 28.2 Å². The fourth-order valence-electron chi connectivity index (χ4n) is 2.33. The third kappa shape index (κ3) is 3.30. The molecule has 21 heavy (non-hydrogen) atoms. The van der Waals surface area contributed by atoms with Crippen molar-refractivity contribution in [3.8, 4) is 0 Å². The van der Waals surface area contributed by atoms with E-state index >= 15 is 0 Å². The molecule has 0 radical (unpaired) electrons. The van der Waals surface area contributed by atoms with Gasteiger partial charge in [-0.05, 0) is 37.5 Å². The molecule has 1 fully saturated rings. The van der Waals surface area contributed by atoms with Crippen molar-refractivity contribution in [1.29, 1.82) is 0 Å². The summed E-state index contributed by atoms with van der Waals surface area (Å²) in [4.78, 5) is 11.2. The van der Waals surface area contributed by atoms with Crippen LogP contribution >= 0.6 is 23.2 Å².